The maximum Gasteiger partial charge on any atom is 0.255 e. The van der Waals surface area contributed by atoms with Crippen LogP contribution in [0.25, 0.3) is 0 Å². The summed E-state index contributed by atoms with van der Waals surface area (Å²) in [6, 6.07) is 2.45. The molecule has 1 aromatic heterocycles. The lowest BCUT2D eigenvalue weighted by Crippen LogP contribution is -2.40. The van der Waals surface area contributed by atoms with Gasteiger partial charge in [-0.3, -0.25) is 9.78 Å². The second kappa shape index (κ2) is 7.58. The molecule has 0 aromatic carbocycles. The fraction of sp³-hybridized carbons (Fsp3) is 0.647. The van der Waals surface area contributed by atoms with E-state index in [1.54, 1.807) is 6.20 Å². The molecule has 1 aromatic rings. The number of rotatable bonds is 3. The van der Waals surface area contributed by atoms with Crippen LogP contribution >= 0.6 is 0 Å². The van der Waals surface area contributed by atoms with Gasteiger partial charge in [-0.15, -0.1) is 0 Å². The van der Waals surface area contributed by atoms with E-state index in [2.05, 4.69) is 10.3 Å². The Kier molecular flexibility index (Phi) is 5.27. The Balaban J connectivity index is 1.64. The topological polar surface area (TPSA) is 54.5 Å². The van der Waals surface area contributed by atoms with Gasteiger partial charge in [-0.2, -0.15) is 0 Å². The van der Waals surface area contributed by atoms with Gasteiger partial charge in [0, 0.05) is 31.5 Å². The Bertz CT molecular complexity index is 492. The minimum Gasteiger partial charge on any atom is -0.381 e. The number of pyridine rings is 1. The maximum atomic E-state index is 12.5. The molecule has 1 aliphatic carbocycles. The minimum absolute atomic E-state index is 0.0558. The molecule has 0 atom stereocenters. The Morgan fingerprint density at radius 3 is 2.59 bits per heavy atom. The van der Waals surface area contributed by atoms with Crippen LogP contribution in [0.15, 0.2) is 18.5 Å². The van der Waals surface area contributed by atoms with Crippen molar-refractivity contribution in [3.8, 4) is 0 Å². The van der Waals surface area contributed by atoms with Gasteiger partial charge in [0.25, 0.3) is 5.91 Å². The molecule has 0 spiro atoms. The van der Waals surface area contributed by atoms with Crippen molar-refractivity contribution >= 4 is 11.6 Å². The summed E-state index contributed by atoms with van der Waals surface area (Å²) in [6.07, 6.45) is 11.2. The Morgan fingerprint density at radius 1 is 1.14 bits per heavy atom. The summed E-state index contributed by atoms with van der Waals surface area (Å²) < 4.78 is 5.30. The summed E-state index contributed by atoms with van der Waals surface area (Å²) in [4.78, 5) is 18.6. The fourth-order valence-corrected chi connectivity index (χ4v) is 3.24. The smallest absolute Gasteiger partial charge is 0.255 e. The van der Waals surface area contributed by atoms with Crippen molar-refractivity contribution in [2.75, 3.05) is 31.6 Å². The van der Waals surface area contributed by atoms with Gasteiger partial charge in [0.2, 0.25) is 0 Å². The third-order valence-corrected chi connectivity index (χ3v) is 4.51. The number of amides is 1. The molecule has 1 saturated carbocycles. The number of nitrogens with one attached hydrogen (secondary N) is 1. The number of ether oxygens (including phenoxy) is 1. The molecule has 2 aliphatic rings. The van der Waals surface area contributed by atoms with Gasteiger partial charge < -0.3 is 15.0 Å². The number of anilines is 1. The van der Waals surface area contributed by atoms with Crippen LogP contribution in [0.5, 0.6) is 0 Å². The first kappa shape index (κ1) is 15.3. The number of hydrogen-bond acceptors (Lipinski definition) is 4. The molecule has 0 unspecified atom stereocenters. The van der Waals surface area contributed by atoms with Crippen molar-refractivity contribution in [2.45, 2.75) is 44.6 Å². The second-order valence-electron chi connectivity index (χ2n) is 6.20. The molecule has 1 aliphatic heterocycles. The fourth-order valence-electron chi connectivity index (χ4n) is 3.24. The normalized spacial score (nSPS) is 20.5. The van der Waals surface area contributed by atoms with Crippen LogP contribution in [0.1, 0.15) is 48.9 Å². The van der Waals surface area contributed by atoms with Gasteiger partial charge in [0.1, 0.15) is 0 Å². The molecule has 0 radical (unpaired) electrons. The second-order valence-corrected chi connectivity index (χ2v) is 6.20. The molecule has 1 saturated heterocycles. The van der Waals surface area contributed by atoms with E-state index < -0.39 is 0 Å². The standard InChI is InChI=1S/C17H25N3O2/c21-17(20-7-9-22-10-8-20)14-11-16(13-18-12-14)19-15-5-3-1-2-4-6-15/h11-13,15,19H,1-10H2. The summed E-state index contributed by atoms with van der Waals surface area (Å²) in [5.41, 5.74) is 1.63. The highest BCUT2D eigenvalue weighted by molar-refractivity contribution is 5.94. The van der Waals surface area contributed by atoms with E-state index in [0.29, 0.717) is 37.9 Å². The summed E-state index contributed by atoms with van der Waals surface area (Å²) >= 11 is 0. The average Bonchev–Trinajstić information content (AvgIpc) is 2.84. The van der Waals surface area contributed by atoms with Crippen LogP contribution in [-0.4, -0.2) is 48.1 Å². The highest BCUT2D eigenvalue weighted by Crippen LogP contribution is 2.21. The van der Waals surface area contributed by atoms with Crippen LogP contribution in [0, 0.1) is 0 Å². The molecule has 22 heavy (non-hydrogen) atoms. The third kappa shape index (κ3) is 3.97. The van der Waals surface area contributed by atoms with Crippen molar-refractivity contribution < 1.29 is 9.53 Å². The molecule has 5 nitrogen and oxygen atoms in total. The zero-order valence-electron chi connectivity index (χ0n) is 13.1. The molecule has 2 heterocycles. The zero-order valence-corrected chi connectivity index (χ0v) is 13.1. The molecular weight excluding hydrogens is 278 g/mol. The van der Waals surface area contributed by atoms with Crippen LogP contribution in [0.3, 0.4) is 0 Å². The number of nitrogens with zero attached hydrogens (tertiary/aromatic N) is 2. The van der Waals surface area contributed by atoms with Crippen molar-refractivity contribution in [3.63, 3.8) is 0 Å². The summed E-state index contributed by atoms with van der Waals surface area (Å²) in [7, 11) is 0. The minimum atomic E-state index is 0.0558. The molecule has 0 bridgehead atoms. The Morgan fingerprint density at radius 2 is 1.86 bits per heavy atom. The van der Waals surface area contributed by atoms with Crippen molar-refractivity contribution in [3.05, 3.63) is 24.0 Å². The van der Waals surface area contributed by atoms with E-state index in [0.717, 1.165) is 5.69 Å². The van der Waals surface area contributed by atoms with Crippen LogP contribution in [0.2, 0.25) is 0 Å². The number of carbonyl (C=O) groups is 1. The van der Waals surface area contributed by atoms with Gasteiger partial charge in [0.15, 0.2) is 0 Å². The monoisotopic (exact) mass is 303 g/mol. The van der Waals surface area contributed by atoms with Gasteiger partial charge in [-0.25, -0.2) is 0 Å². The van der Waals surface area contributed by atoms with E-state index in [4.69, 9.17) is 4.74 Å². The SMILES string of the molecule is O=C(c1cncc(NC2CCCCCC2)c1)N1CCOCC1. The van der Waals surface area contributed by atoms with Crippen LogP contribution in [-0.2, 0) is 4.74 Å². The van der Waals surface area contributed by atoms with Gasteiger partial charge >= 0.3 is 0 Å². The lowest BCUT2D eigenvalue weighted by Gasteiger charge is -2.27. The average molecular weight is 303 g/mol. The van der Waals surface area contributed by atoms with Crippen molar-refractivity contribution in [2.24, 2.45) is 0 Å². The Labute approximate surface area is 132 Å². The van der Waals surface area contributed by atoms with E-state index in [1.807, 2.05) is 17.2 Å². The van der Waals surface area contributed by atoms with Gasteiger partial charge in [-0.1, -0.05) is 25.7 Å². The lowest BCUT2D eigenvalue weighted by molar-refractivity contribution is 0.0302. The quantitative estimate of drug-likeness (QED) is 0.872. The first-order valence-corrected chi connectivity index (χ1v) is 8.41. The number of carbonyl (C=O) groups excluding carboxylic acids is 1. The predicted molar refractivity (Wildman–Crippen MR) is 86.1 cm³/mol. The Hall–Kier alpha value is -1.62. The largest absolute Gasteiger partial charge is 0.381 e. The summed E-state index contributed by atoms with van der Waals surface area (Å²) in [5.74, 6) is 0.0558. The highest BCUT2D eigenvalue weighted by Gasteiger charge is 2.19. The van der Waals surface area contributed by atoms with E-state index in [9.17, 15) is 4.79 Å². The molecule has 2 fully saturated rings. The van der Waals surface area contributed by atoms with E-state index in [-0.39, 0.29) is 5.91 Å². The zero-order chi connectivity index (χ0) is 15.2. The number of aromatic nitrogens is 1. The first-order chi connectivity index (χ1) is 10.8. The van der Waals surface area contributed by atoms with E-state index >= 15 is 0 Å². The lowest BCUT2D eigenvalue weighted by atomic mass is 10.1. The van der Waals surface area contributed by atoms with E-state index in [1.165, 1.54) is 38.5 Å². The molecule has 5 heteroatoms. The van der Waals surface area contributed by atoms with Crippen LogP contribution in [0.4, 0.5) is 5.69 Å². The predicted octanol–water partition coefficient (Wildman–Crippen LogP) is 2.69. The van der Waals surface area contributed by atoms with Crippen molar-refractivity contribution in [1.82, 2.24) is 9.88 Å². The van der Waals surface area contributed by atoms with Gasteiger partial charge in [-0.05, 0) is 18.9 Å². The maximum absolute atomic E-state index is 12.5. The number of morpholine rings is 1. The summed E-state index contributed by atoms with van der Waals surface area (Å²) in [5, 5.41) is 3.56. The first-order valence-electron chi connectivity index (χ1n) is 8.41. The highest BCUT2D eigenvalue weighted by atomic mass is 16.5. The van der Waals surface area contributed by atoms with Gasteiger partial charge in [0.05, 0.1) is 24.5 Å². The molecule has 3 rings (SSSR count). The molecule has 1 amide bonds. The molecule has 120 valence electrons. The molecular formula is C17H25N3O2. The third-order valence-electron chi connectivity index (χ3n) is 4.51. The number of hydrogen-bond donors (Lipinski definition) is 1. The van der Waals surface area contributed by atoms with Crippen LogP contribution < -0.4 is 5.32 Å². The van der Waals surface area contributed by atoms with Crippen molar-refractivity contribution in [1.29, 1.82) is 0 Å². The summed E-state index contributed by atoms with van der Waals surface area (Å²) in [6.45, 7) is 2.58. The molecule has 1 N–H and O–H groups in total.